The predicted molar refractivity (Wildman–Crippen MR) is 231 cm³/mol. The van der Waals surface area contributed by atoms with E-state index in [-0.39, 0.29) is 0 Å². The molecule has 0 heterocycles. The minimum absolute atomic E-state index is 1.19. The van der Waals surface area contributed by atoms with E-state index >= 15 is 0 Å². The molecule has 0 radical (unpaired) electrons. The van der Waals surface area contributed by atoms with Gasteiger partial charge < -0.3 is 0 Å². The van der Waals surface area contributed by atoms with Crippen molar-refractivity contribution in [3.8, 4) is 0 Å². The van der Waals surface area contributed by atoms with Crippen molar-refractivity contribution < 1.29 is 0 Å². The van der Waals surface area contributed by atoms with Crippen molar-refractivity contribution in [1.29, 1.82) is 0 Å². The van der Waals surface area contributed by atoms with E-state index in [4.69, 9.17) is 0 Å². The Kier molecular flexibility index (Phi) is 19.6. The van der Waals surface area contributed by atoms with Gasteiger partial charge >= 0.3 is 0 Å². The maximum Gasteiger partial charge on any atom is 0.0148 e. The zero-order chi connectivity index (χ0) is 35.2. The highest BCUT2D eigenvalue weighted by Gasteiger charge is 2.07. The van der Waals surface area contributed by atoms with Gasteiger partial charge in [0.2, 0.25) is 0 Å². The average Bonchev–Trinajstić information content (AvgIpc) is 3.14. The van der Waals surface area contributed by atoms with Crippen LogP contribution in [0, 0.1) is 0 Å². The quantitative estimate of drug-likeness (QED) is 0.0362. The molecule has 4 aromatic rings. The number of hydrogen-bond donors (Lipinski definition) is 0. The number of benzene rings is 4. The first-order valence-electron chi connectivity index (χ1n) is 20.5. The van der Waals surface area contributed by atoms with Gasteiger partial charge in [0.15, 0.2) is 0 Å². The summed E-state index contributed by atoms with van der Waals surface area (Å²) in [5.74, 6) is 0. The summed E-state index contributed by atoms with van der Waals surface area (Å²) in [5, 5.41) is 5.44. The van der Waals surface area contributed by atoms with Gasteiger partial charge in [-0.2, -0.15) is 0 Å². The second-order valence-corrected chi connectivity index (χ2v) is 16.4. The molecule has 0 saturated heterocycles. The van der Waals surface area contributed by atoms with Crippen LogP contribution in [0.3, 0.4) is 0 Å². The van der Waals surface area contributed by atoms with Crippen LogP contribution in [0.5, 0.6) is 0 Å². The van der Waals surface area contributed by atoms with Gasteiger partial charge in [0, 0.05) is 9.79 Å². The van der Waals surface area contributed by atoms with Crippen LogP contribution in [0.4, 0.5) is 0 Å². The maximum absolute atomic E-state index is 2.45. The summed E-state index contributed by atoms with van der Waals surface area (Å²) in [6.45, 7) is 4.60. The number of rotatable bonds is 26. The molecule has 4 aromatic carbocycles. The molecule has 4 rings (SSSR count). The second kappa shape index (κ2) is 24.2. The molecule has 0 amide bonds. The normalized spacial score (nSPS) is 11.8. The minimum Gasteiger partial charge on any atom is -0.129 e. The molecule has 0 atom stereocenters. The van der Waals surface area contributed by atoms with Gasteiger partial charge in [-0.05, 0) is 106 Å². The van der Waals surface area contributed by atoms with E-state index in [9.17, 15) is 0 Å². The smallest absolute Gasteiger partial charge is 0.0148 e. The van der Waals surface area contributed by atoms with Crippen molar-refractivity contribution in [1.82, 2.24) is 0 Å². The zero-order valence-corrected chi connectivity index (χ0v) is 33.9. The molecule has 0 unspecified atom stereocenters. The van der Waals surface area contributed by atoms with Gasteiger partial charge in [0.1, 0.15) is 0 Å². The van der Waals surface area contributed by atoms with Crippen molar-refractivity contribution >= 4 is 57.2 Å². The summed E-state index contributed by atoms with van der Waals surface area (Å²) in [6, 6.07) is 23.9. The lowest BCUT2D eigenvalue weighted by Gasteiger charge is -2.11. The Morgan fingerprint density at radius 2 is 0.720 bits per heavy atom. The van der Waals surface area contributed by atoms with E-state index in [1.165, 1.54) is 195 Å². The molecule has 0 fully saturated rings. The molecule has 2 heteroatoms. The number of unbranched alkanes of at least 4 members (excludes halogenated alkanes) is 18. The lowest BCUT2D eigenvalue weighted by Crippen LogP contribution is -1.89. The van der Waals surface area contributed by atoms with Crippen molar-refractivity contribution in [2.45, 2.75) is 165 Å². The third kappa shape index (κ3) is 14.1. The third-order valence-corrected chi connectivity index (χ3v) is 12.2. The van der Waals surface area contributed by atoms with E-state index in [0.29, 0.717) is 0 Å². The van der Waals surface area contributed by atoms with Gasteiger partial charge in [0.05, 0.1) is 0 Å². The molecule has 0 nitrogen and oxygen atoms in total. The van der Waals surface area contributed by atoms with Gasteiger partial charge in [-0.15, -0.1) is 23.5 Å². The Balaban J connectivity index is 1.34. The monoisotopic (exact) mass is 708 g/mol. The maximum atomic E-state index is 2.45. The molecule has 0 aliphatic carbocycles. The number of thioether (sulfide) groups is 2. The third-order valence-electron chi connectivity index (χ3n) is 10.6. The topological polar surface area (TPSA) is 0 Å². The first-order chi connectivity index (χ1) is 24.6. The second-order valence-electron chi connectivity index (χ2n) is 14.7. The van der Waals surface area contributed by atoms with Crippen molar-refractivity contribution in [3.63, 3.8) is 0 Å². The molecule has 50 heavy (non-hydrogen) atoms. The Bertz CT molecular complexity index is 1450. The van der Waals surface area contributed by atoms with Crippen LogP contribution >= 0.6 is 23.5 Å². The van der Waals surface area contributed by atoms with Gasteiger partial charge in [-0.25, -0.2) is 0 Å². The molecule has 0 bridgehead atoms. The summed E-state index contributed by atoms with van der Waals surface area (Å²) < 4.78 is 0. The van der Waals surface area contributed by atoms with Crippen molar-refractivity contribution in [2.24, 2.45) is 0 Å². The summed E-state index contributed by atoms with van der Waals surface area (Å²) in [7, 11) is 0. The highest BCUT2D eigenvalue weighted by molar-refractivity contribution is 7.99. The Labute approximate surface area is 316 Å². The zero-order valence-electron chi connectivity index (χ0n) is 32.3. The Hall–Kier alpha value is -2.16. The van der Waals surface area contributed by atoms with E-state index in [1.54, 1.807) is 0 Å². The van der Waals surface area contributed by atoms with Gasteiger partial charge in [0.25, 0.3) is 0 Å². The highest BCUT2D eigenvalue weighted by atomic mass is 32.2. The Morgan fingerprint density at radius 3 is 1.06 bits per heavy atom. The standard InChI is InChI=1S/C48H68S2/c1-5-7-9-11-13-15-17-19-21-23-25-39-27-29-41-37-47(49-3)43(35-45(41)33-39)31-32-44-36-46-34-40(28-30-42(46)38-48(44)50-4)26-24-22-20-18-16-14-12-10-8-6-2/h27-38H,5-26H2,1-4H3/b32-31+. The number of fused-ring (bicyclic) bond motifs is 2. The van der Waals surface area contributed by atoms with E-state index < -0.39 is 0 Å². The van der Waals surface area contributed by atoms with Gasteiger partial charge in [-0.3, -0.25) is 0 Å². The van der Waals surface area contributed by atoms with E-state index in [1.807, 2.05) is 23.5 Å². The van der Waals surface area contributed by atoms with Crippen LogP contribution in [0.25, 0.3) is 33.7 Å². The molecule has 0 aliphatic heterocycles. The SMILES string of the molecule is CCCCCCCCCCCCc1ccc2cc(SC)c(/C=C/c3cc4cc(CCCCCCCCCCCC)ccc4cc3SC)cc2c1. The summed E-state index contributed by atoms with van der Waals surface area (Å²) in [4.78, 5) is 2.70. The first kappa shape index (κ1) is 40.6. The molecular weight excluding hydrogens is 641 g/mol. The fourth-order valence-corrected chi connectivity index (χ4v) is 8.64. The first-order valence-corrected chi connectivity index (χ1v) is 23.0. The fourth-order valence-electron chi connectivity index (χ4n) is 7.43. The van der Waals surface area contributed by atoms with E-state index in [2.05, 4.69) is 99.2 Å². The fraction of sp³-hybridized carbons (Fsp3) is 0.542. The van der Waals surface area contributed by atoms with Crippen LogP contribution in [0.2, 0.25) is 0 Å². The van der Waals surface area contributed by atoms with Crippen LogP contribution in [-0.4, -0.2) is 12.5 Å². The number of aryl methyl sites for hydroxylation is 2. The van der Waals surface area contributed by atoms with Crippen LogP contribution < -0.4 is 0 Å². The molecule has 0 N–H and O–H groups in total. The minimum atomic E-state index is 1.19. The van der Waals surface area contributed by atoms with Crippen LogP contribution in [-0.2, 0) is 12.8 Å². The summed E-state index contributed by atoms with van der Waals surface area (Å²) in [5.41, 5.74) is 5.61. The largest absolute Gasteiger partial charge is 0.129 e. The summed E-state index contributed by atoms with van der Waals surface area (Å²) >= 11 is 3.71. The lowest BCUT2D eigenvalue weighted by molar-refractivity contribution is 0.556. The molecule has 0 aromatic heterocycles. The number of hydrogen-bond acceptors (Lipinski definition) is 2. The molecular formula is C48H68S2. The molecule has 272 valence electrons. The summed E-state index contributed by atoms with van der Waals surface area (Å²) in [6.07, 6.45) is 39.4. The van der Waals surface area contributed by atoms with E-state index in [0.717, 1.165) is 0 Å². The molecule has 0 saturated carbocycles. The van der Waals surface area contributed by atoms with Crippen molar-refractivity contribution in [2.75, 3.05) is 12.5 Å². The van der Waals surface area contributed by atoms with Crippen LogP contribution in [0.15, 0.2) is 70.5 Å². The molecule has 0 aliphatic rings. The van der Waals surface area contributed by atoms with Crippen molar-refractivity contribution in [3.05, 3.63) is 82.9 Å². The lowest BCUT2D eigenvalue weighted by atomic mass is 9.99. The van der Waals surface area contributed by atoms with Gasteiger partial charge in [-0.1, -0.05) is 178 Å². The molecule has 0 spiro atoms. The van der Waals surface area contributed by atoms with Crippen LogP contribution in [0.1, 0.15) is 165 Å². The Morgan fingerprint density at radius 1 is 0.380 bits per heavy atom. The highest BCUT2D eigenvalue weighted by Crippen LogP contribution is 2.32. The average molecular weight is 709 g/mol. The predicted octanol–water partition coefficient (Wildman–Crippen LogP) is 16.5.